The molecule has 0 unspecified atom stereocenters. The monoisotopic (exact) mass is 375 g/mol. The SMILES string of the molecule is O=C(O)CCCCCCCNC(=O)c1ccc(=O)n(-c2ccccc2F)n1. The molecule has 0 aliphatic heterocycles. The predicted molar refractivity (Wildman–Crippen MR) is 97.5 cm³/mol. The fraction of sp³-hybridized carbons (Fsp3) is 0.368. The molecule has 1 amide bonds. The Labute approximate surface area is 155 Å². The number of nitrogens with zero attached hydrogens (tertiary/aromatic N) is 2. The zero-order valence-corrected chi connectivity index (χ0v) is 14.9. The van der Waals surface area contributed by atoms with E-state index in [4.69, 9.17) is 5.11 Å². The maximum Gasteiger partial charge on any atom is 0.303 e. The van der Waals surface area contributed by atoms with Crippen molar-refractivity contribution in [3.8, 4) is 5.69 Å². The summed E-state index contributed by atoms with van der Waals surface area (Å²) in [6.07, 6.45) is 4.21. The largest absolute Gasteiger partial charge is 0.481 e. The first-order valence-electron chi connectivity index (χ1n) is 8.84. The van der Waals surface area contributed by atoms with Crippen molar-refractivity contribution < 1.29 is 19.1 Å². The molecule has 27 heavy (non-hydrogen) atoms. The molecule has 1 aromatic carbocycles. The van der Waals surface area contributed by atoms with Gasteiger partial charge in [0, 0.05) is 19.0 Å². The Kier molecular flexibility index (Phi) is 7.66. The van der Waals surface area contributed by atoms with Gasteiger partial charge in [-0.25, -0.2) is 4.39 Å². The lowest BCUT2D eigenvalue weighted by Gasteiger charge is -2.08. The van der Waals surface area contributed by atoms with Gasteiger partial charge in [-0.1, -0.05) is 31.4 Å². The van der Waals surface area contributed by atoms with Crippen LogP contribution in [0.3, 0.4) is 0 Å². The normalized spacial score (nSPS) is 10.6. The molecule has 0 radical (unpaired) electrons. The molecule has 0 spiro atoms. The van der Waals surface area contributed by atoms with Gasteiger partial charge in [0.05, 0.1) is 0 Å². The van der Waals surface area contributed by atoms with Crippen molar-refractivity contribution in [1.29, 1.82) is 0 Å². The average Bonchev–Trinajstić information content (AvgIpc) is 2.64. The smallest absolute Gasteiger partial charge is 0.303 e. The van der Waals surface area contributed by atoms with Gasteiger partial charge in [0.25, 0.3) is 11.5 Å². The van der Waals surface area contributed by atoms with E-state index in [1.165, 1.54) is 30.3 Å². The van der Waals surface area contributed by atoms with Crippen LogP contribution in [0.2, 0.25) is 0 Å². The van der Waals surface area contributed by atoms with Crippen molar-refractivity contribution in [3.63, 3.8) is 0 Å². The van der Waals surface area contributed by atoms with Crippen LogP contribution in [-0.4, -0.2) is 33.3 Å². The van der Waals surface area contributed by atoms with Crippen molar-refractivity contribution >= 4 is 11.9 Å². The number of hydrogen-bond donors (Lipinski definition) is 2. The Balaban J connectivity index is 1.85. The van der Waals surface area contributed by atoms with E-state index in [1.807, 2.05) is 0 Å². The maximum absolute atomic E-state index is 13.9. The number of para-hydroxylation sites is 1. The second-order valence-electron chi connectivity index (χ2n) is 6.09. The zero-order chi connectivity index (χ0) is 19.6. The third-order valence-corrected chi connectivity index (χ3v) is 3.97. The lowest BCUT2D eigenvalue weighted by molar-refractivity contribution is -0.137. The number of unbranched alkanes of at least 4 members (excludes halogenated alkanes) is 4. The van der Waals surface area contributed by atoms with Crippen LogP contribution in [-0.2, 0) is 4.79 Å². The lowest BCUT2D eigenvalue weighted by Crippen LogP contribution is -2.29. The van der Waals surface area contributed by atoms with Gasteiger partial charge in [0.15, 0.2) is 0 Å². The summed E-state index contributed by atoms with van der Waals surface area (Å²) in [6, 6.07) is 8.19. The third kappa shape index (κ3) is 6.32. The standard InChI is InChI=1S/C19H22FN3O4/c20-14-8-5-6-9-16(14)23-17(24)12-11-15(22-23)19(27)21-13-7-3-1-2-4-10-18(25)26/h5-6,8-9,11-12H,1-4,7,10,13H2,(H,21,27)(H,25,26). The van der Waals surface area contributed by atoms with Crippen molar-refractivity contribution in [2.24, 2.45) is 0 Å². The van der Waals surface area contributed by atoms with E-state index in [0.717, 1.165) is 30.4 Å². The lowest BCUT2D eigenvalue weighted by atomic mass is 10.1. The van der Waals surface area contributed by atoms with E-state index in [-0.39, 0.29) is 17.8 Å². The van der Waals surface area contributed by atoms with Crippen molar-refractivity contribution in [3.05, 3.63) is 58.3 Å². The van der Waals surface area contributed by atoms with Gasteiger partial charge in [0.1, 0.15) is 17.2 Å². The van der Waals surface area contributed by atoms with E-state index >= 15 is 0 Å². The molecule has 0 saturated heterocycles. The number of aliphatic carboxylic acids is 1. The van der Waals surface area contributed by atoms with E-state index in [0.29, 0.717) is 13.0 Å². The van der Waals surface area contributed by atoms with Gasteiger partial charge < -0.3 is 10.4 Å². The summed E-state index contributed by atoms with van der Waals surface area (Å²) in [5, 5.41) is 15.2. The molecule has 1 heterocycles. The zero-order valence-electron chi connectivity index (χ0n) is 14.9. The molecule has 0 fully saturated rings. The second kappa shape index (κ2) is 10.2. The van der Waals surface area contributed by atoms with Crippen LogP contribution in [0, 0.1) is 5.82 Å². The Morgan fingerprint density at radius 1 is 1.04 bits per heavy atom. The predicted octanol–water partition coefficient (Wildman–Crippen LogP) is 2.53. The minimum absolute atomic E-state index is 0.0153. The third-order valence-electron chi connectivity index (χ3n) is 3.97. The van der Waals surface area contributed by atoms with Crippen LogP contribution in [0.1, 0.15) is 49.0 Å². The molecule has 0 atom stereocenters. The molecule has 2 rings (SSSR count). The molecule has 144 valence electrons. The Hall–Kier alpha value is -3.03. The number of nitrogens with one attached hydrogen (secondary N) is 1. The first-order valence-corrected chi connectivity index (χ1v) is 8.84. The number of rotatable bonds is 10. The van der Waals surface area contributed by atoms with Crippen molar-refractivity contribution in [2.75, 3.05) is 6.54 Å². The van der Waals surface area contributed by atoms with Crippen LogP contribution < -0.4 is 10.9 Å². The molecule has 2 N–H and O–H groups in total. The first-order chi connectivity index (χ1) is 13.0. The highest BCUT2D eigenvalue weighted by molar-refractivity contribution is 5.92. The molecule has 0 saturated carbocycles. The second-order valence-corrected chi connectivity index (χ2v) is 6.09. The summed E-state index contributed by atoms with van der Waals surface area (Å²) >= 11 is 0. The van der Waals surface area contributed by atoms with Crippen LogP contribution in [0.5, 0.6) is 0 Å². The van der Waals surface area contributed by atoms with Gasteiger partial charge in [-0.3, -0.25) is 14.4 Å². The molecule has 1 aromatic heterocycles. The number of aromatic nitrogens is 2. The maximum atomic E-state index is 13.9. The van der Waals surface area contributed by atoms with Crippen molar-refractivity contribution in [2.45, 2.75) is 38.5 Å². The molecule has 2 aromatic rings. The van der Waals surface area contributed by atoms with Gasteiger partial charge >= 0.3 is 5.97 Å². The van der Waals surface area contributed by atoms with Crippen LogP contribution in [0.25, 0.3) is 5.69 Å². The fourth-order valence-electron chi connectivity index (χ4n) is 2.55. The summed E-state index contributed by atoms with van der Waals surface area (Å²) in [4.78, 5) is 34.5. The van der Waals surface area contributed by atoms with Gasteiger partial charge in [0.2, 0.25) is 0 Å². The van der Waals surface area contributed by atoms with E-state index in [9.17, 15) is 18.8 Å². The molecule has 0 bridgehead atoms. The number of benzene rings is 1. The number of carboxylic acid groups (broad SMARTS) is 1. The highest BCUT2D eigenvalue weighted by atomic mass is 19.1. The van der Waals surface area contributed by atoms with Gasteiger partial charge in [-0.05, 0) is 31.0 Å². The minimum Gasteiger partial charge on any atom is -0.481 e. The molecular formula is C19H22FN3O4. The number of halogens is 1. The fourth-order valence-corrected chi connectivity index (χ4v) is 2.55. The summed E-state index contributed by atoms with van der Waals surface area (Å²) in [5.74, 6) is -1.83. The Morgan fingerprint density at radius 3 is 2.48 bits per heavy atom. The topological polar surface area (TPSA) is 101 Å². The molecule has 0 aliphatic rings. The quantitative estimate of drug-likeness (QED) is 0.622. The van der Waals surface area contributed by atoms with Gasteiger partial charge in [-0.15, -0.1) is 0 Å². The number of carboxylic acids is 1. The molecule has 8 heteroatoms. The Bertz CT molecular complexity index is 851. The number of hydrogen-bond acceptors (Lipinski definition) is 4. The summed E-state index contributed by atoms with van der Waals surface area (Å²) in [7, 11) is 0. The summed E-state index contributed by atoms with van der Waals surface area (Å²) in [5.41, 5.74) is -0.518. The first kappa shape index (κ1) is 20.3. The van der Waals surface area contributed by atoms with Crippen LogP contribution in [0.15, 0.2) is 41.2 Å². The molecule has 7 nitrogen and oxygen atoms in total. The number of carbonyl (C=O) groups is 2. The van der Waals surface area contributed by atoms with Crippen LogP contribution in [0.4, 0.5) is 4.39 Å². The van der Waals surface area contributed by atoms with E-state index < -0.39 is 23.3 Å². The van der Waals surface area contributed by atoms with E-state index in [2.05, 4.69) is 10.4 Å². The number of carbonyl (C=O) groups excluding carboxylic acids is 1. The summed E-state index contributed by atoms with van der Waals surface area (Å²) < 4.78 is 14.7. The van der Waals surface area contributed by atoms with E-state index in [1.54, 1.807) is 6.07 Å². The molecule has 0 aliphatic carbocycles. The minimum atomic E-state index is -0.786. The number of amides is 1. The molecular weight excluding hydrogens is 353 g/mol. The van der Waals surface area contributed by atoms with Gasteiger partial charge in [-0.2, -0.15) is 9.78 Å². The average molecular weight is 375 g/mol. The van der Waals surface area contributed by atoms with Crippen LogP contribution >= 0.6 is 0 Å². The summed E-state index contributed by atoms with van der Waals surface area (Å²) in [6.45, 7) is 0.443. The highest BCUT2D eigenvalue weighted by Gasteiger charge is 2.12. The Morgan fingerprint density at radius 2 is 1.74 bits per heavy atom. The van der Waals surface area contributed by atoms with Crippen molar-refractivity contribution in [1.82, 2.24) is 15.1 Å². The highest BCUT2D eigenvalue weighted by Crippen LogP contribution is 2.09.